The zero-order chi connectivity index (χ0) is 16.8. The van der Waals surface area contributed by atoms with Crippen LogP contribution in [-0.4, -0.2) is 32.0 Å². The number of hydrogen-bond acceptors (Lipinski definition) is 5. The molecule has 124 valence electrons. The Hall–Kier alpha value is -3.09. The van der Waals surface area contributed by atoms with Crippen molar-refractivity contribution in [3.63, 3.8) is 0 Å². The normalized spacial score (nSPS) is 11.2. The van der Waals surface area contributed by atoms with Gasteiger partial charge >= 0.3 is 0 Å². The summed E-state index contributed by atoms with van der Waals surface area (Å²) in [6, 6.07) is 7.78. The predicted octanol–water partition coefficient (Wildman–Crippen LogP) is 2.32. The van der Waals surface area contributed by atoms with Crippen LogP contribution >= 0.6 is 0 Å². The van der Waals surface area contributed by atoms with Gasteiger partial charge in [-0.15, -0.1) is 0 Å². The number of hydrogen-bond donors (Lipinski definition) is 1. The minimum atomic E-state index is 0.371. The van der Waals surface area contributed by atoms with Crippen molar-refractivity contribution in [2.24, 2.45) is 5.10 Å². The predicted molar refractivity (Wildman–Crippen MR) is 93.1 cm³/mol. The number of nitrogens with zero attached hydrogens (tertiary/aromatic N) is 5. The molecule has 0 aliphatic carbocycles. The summed E-state index contributed by atoms with van der Waals surface area (Å²) < 4.78 is 9.37. The maximum atomic E-state index is 5.79. The molecule has 1 aromatic carbocycles. The monoisotopic (exact) mass is 324 g/mol. The van der Waals surface area contributed by atoms with E-state index in [1.165, 1.54) is 0 Å². The third-order valence-corrected chi connectivity index (χ3v) is 3.41. The molecule has 2 N–H and O–H groups in total. The quantitative estimate of drug-likeness (QED) is 0.534. The number of nitrogens with two attached hydrogens (primary N) is 1. The minimum absolute atomic E-state index is 0.371. The van der Waals surface area contributed by atoms with Gasteiger partial charge in [0.2, 0.25) is 5.95 Å². The summed E-state index contributed by atoms with van der Waals surface area (Å²) in [6.45, 7) is 3.41. The van der Waals surface area contributed by atoms with E-state index in [1.54, 1.807) is 29.6 Å². The summed E-state index contributed by atoms with van der Waals surface area (Å²) in [6.07, 6.45) is 9.96. The highest BCUT2D eigenvalue weighted by atomic mass is 16.5. The van der Waals surface area contributed by atoms with Gasteiger partial charge in [-0.3, -0.25) is 0 Å². The highest BCUT2D eigenvalue weighted by molar-refractivity contribution is 5.80. The van der Waals surface area contributed by atoms with E-state index in [0.29, 0.717) is 12.6 Å². The molecule has 2 heterocycles. The van der Waals surface area contributed by atoms with E-state index >= 15 is 0 Å². The molecule has 0 aliphatic heterocycles. The average Bonchev–Trinajstić information content (AvgIpc) is 3.19. The average molecular weight is 324 g/mol. The van der Waals surface area contributed by atoms with Gasteiger partial charge in [0.1, 0.15) is 5.75 Å². The van der Waals surface area contributed by atoms with Crippen LogP contribution in [0.2, 0.25) is 0 Å². The van der Waals surface area contributed by atoms with Gasteiger partial charge in [-0.2, -0.15) is 5.10 Å². The Morgan fingerprint density at radius 2 is 2.29 bits per heavy atom. The van der Waals surface area contributed by atoms with E-state index in [2.05, 4.69) is 15.1 Å². The zero-order valence-corrected chi connectivity index (χ0v) is 13.5. The standard InChI is InChI=1S/C17H20N6O/c1-14-12-23(17(18)21-14)20-11-15-4-2-5-16(10-15)24-9-3-7-22-8-6-19-13-22/h2,4-6,8,10-13H,3,7,9H2,1H3,(H2,18,21). The summed E-state index contributed by atoms with van der Waals surface area (Å²) in [4.78, 5) is 8.12. The van der Waals surface area contributed by atoms with Gasteiger partial charge in [0.25, 0.3) is 0 Å². The van der Waals surface area contributed by atoms with Gasteiger partial charge in [0, 0.05) is 18.9 Å². The van der Waals surface area contributed by atoms with E-state index < -0.39 is 0 Å². The van der Waals surface area contributed by atoms with Gasteiger partial charge in [0.05, 0.1) is 31.0 Å². The fourth-order valence-electron chi connectivity index (χ4n) is 2.27. The van der Waals surface area contributed by atoms with Gasteiger partial charge in [-0.05, 0) is 31.0 Å². The second-order valence-corrected chi connectivity index (χ2v) is 5.40. The van der Waals surface area contributed by atoms with Crippen molar-refractivity contribution in [3.05, 3.63) is 60.4 Å². The molecule has 24 heavy (non-hydrogen) atoms. The molecule has 0 fully saturated rings. The fourth-order valence-corrected chi connectivity index (χ4v) is 2.27. The van der Waals surface area contributed by atoms with Gasteiger partial charge in [-0.1, -0.05) is 12.1 Å². The maximum absolute atomic E-state index is 5.79. The third-order valence-electron chi connectivity index (χ3n) is 3.41. The van der Waals surface area contributed by atoms with Crippen molar-refractivity contribution in [2.45, 2.75) is 19.9 Å². The first-order valence-electron chi connectivity index (χ1n) is 7.75. The van der Waals surface area contributed by atoms with Crippen molar-refractivity contribution >= 4 is 12.2 Å². The molecular formula is C17H20N6O. The Labute approximate surface area is 140 Å². The van der Waals surface area contributed by atoms with Gasteiger partial charge in [-0.25, -0.2) is 14.6 Å². The van der Waals surface area contributed by atoms with Crippen LogP contribution in [0.25, 0.3) is 0 Å². The molecule has 7 nitrogen and oxygen atoms in total. The molecular weight excluding hydrogens is 304 g/mol. The lowest BCUT2D eigenvalue weighted by molar-refractivity contribution is 0.301. The van der Waals surface area contributed by atoms with Crippen molar-refractivity contribution in [3.8, 4) is 5.75 Å². The smallest absolute Gasteiger partial charge is 0.221 e. The van der Waals surface area contributed by atoms with Crippen LogP contribution in [0, 0.1) is 6.92 Å². The summed E-state index contributed by atoms with van der Waals surface area (Å²) >= 11 is 0. The summed E-state index contributed by atoms with van der Waals surface area (Å²) in [5.74, 6) is 1.19. The number of benzene rings is 1. The highest BCUT2D eigenvalue weighted by Gasteiger charge is 1.99. The number of anilines is 1. The van der Waals surface area contributed by atoms with Crippen LogP contribution in [0.1, 0.15) is 17.7 Å². The number of rotatable bonds is 7. The molecule has 7 heteroatoms. The second-order valence-electron chi connectivity index (χ2n) is 5.40. The number of nitrogen functional groups attached to an aromatic ring is 1. The molecule has 0 saturated heterocycles. The van der Waals surface area contributed by atoms with E-state index in [1.807, 2.05) is 42.0 Å². The Kier molecular flexibility index (Phi) is 4.90. The van der Waals surface area contributed by atoms with E-state index in [9.17, 15) is 0 Å². The lowest BCUT2D eigenvalue weighted by Gasteiger charge is -2.07. The minimum Gasteiger partial charge on any atom is -0.494 e. The topological polar surface area (TPSA) is 83.2 Å². The molecule has 0 aliphatic rings. The van der Waals surface area contributed by atoms with Crippen LogP contribution in [0.3, 0.4) is 0 Å². The number of aryl methyl sites for hydroxylation is 2. The van der Waals surface area contributed by atoms with E-state index in [4.69, 9.17) is 10.5 Å². The van der Waals surface area contributed by atoms with Crippen molar-refractivity contribution in [2.75, 3.05) is 12.3 Å². The molecule has 0 spiro atoms. The number of imidazole rings is 2. The van der Waals surface area contributed by atoms with E-state index in [-0.39, 0.29) is 0 Å². The maximum Gasteiger partial charge on any atom is 0.221 e. The lowest BCUT2D eigenvalue weighted by atomic mass is 10.2. The van der Waals surface area contributed by atoms with Gasteiger partial charge < -0.3 is 15.0 Å². The Balaban J connectivity index is 1.54. The molecule has 3 rings (SSSR count). The van der Waals surface area contributed by atoms with Crippen LogP contribution in [-0.2, 0) is 6.54 Å². The third kappa shape index (κ3) is 4.22. The molecule has 0 bridgehead atoms. The van der Waals surface area contributed by atoms with Crippen LogP contribution in [0.4, 0.5) is 5.95 Å². The Morgan fingerprint density at radius 1 is 1.38 bits per heavy atom. The molecule has 0 amide bonds. The summed E-state index contributed by atoms with van der Waals surface area (Å²) in [5, 5.41) is 4.31. The Bertz CT molecular complexity index is 806. The molecule has 2 aromatic heterocycles. The number of aromatic nitrogens is 4. The summed E-state index contributed by atoms with van der Waals surface area (Å²) in [5.41, 5.74) is 7.53. The largest absolute Gasteiger partial charge is 0.494 e. The molecule has 0 atom stereocenters. The van der Waals surface area contributed by atoms with Crippen molar-refractivity contribution < 1.29 is 4.74 Å². The first-order chi connectivity index (χ1) is 11.7. The van der Waals surface area contributed by atoms with Gasteiger partial charge in [0.15, 0.2) is 0 Å². The van der Waals surface area contributed by atoms with Crippen LogP contribution in [0.5, 0.6) is 5.75 Å². The van der Waals surface area contributed by atoms with Crippen molar-refractivity contribution in [1.82, 2.24) is 19.2 Å². The molecule has 3 aromatic rings. The second kappa shape index (κ2) is 7.45. The first kappa shape index (κ1) is 15.8. The van der Waals surface area contributed by atoms with E-state index in [0.717, 1.165) is 30.0 Å². The zero-order valence-electron chi connectivity index (χ0n) is 13.5. The lowest BCUT2D eigenvalue weighted by Crippen LogP contribution is -2.03. The molecule has 0 saturated carbocycles. The fraction of sp³-hybridized carbons (Fsp3) is 0.235. The first-order valence-corrected chi connectivity index (χ1v) is 7.75. The number of ether oxygens (including phenoxy) is 1. The molecule has 0 radical (unpaired) electrons. The van der Waals surface area contributed by atoms with Crippen molar-refractivity contribution in [1.29, 1.82) is 0 Å². The molecule has 0 unspecified atom stereocenters. The highest BCUT2D eigenvalue weighted by Crippen LogP contribution is 2.13. The summed E-state index contributed by atoms with van der Waals surface area (Å²) in [7, 11) is 0. The SMILES string of the molecule is Cc1cn(N=Cc2cccc(OCCCn3ccnc3)c2)c(N)n1. The van der Waals surface area contributed by atoms with Crippen LogP contribution in [0.15, 0.2) is 54.3 Å². The van der Waals surface area contributed by atoms with Crippen LogP contribution < -0.4 is 10.5 Å². The Morgan fingerprint density at radius 3 is 3.04 bits per heavy atom.